The number of rotatable bonds is 74. The highest BCUT2D eigenvalue weighted by Gasteiger charge is 2.30. The Morgan fingerprint density at radius 1 is 0.292 bits per heavy atom. The van der Waals surface area contributed by atoms with Crippen LogP contribution >= 0.6 is 15.6 Å². The highest BCUT2D eigenvalue weighted by atomic mass is 31.2. The van der Waals surface area contributed by atoms with Gasteiger partial charge in [0.1, 0.15) is 19.3 Å². The molecule has 3 N–H and O–H groups in total. The Kier molecular flexibility index (Phi) is 65.0. The molecule has 0 heterocycles. The fourth-order valence-corrected chi connectivity index (χ4v) is 13.2. The molecule has 0 spiro atoms. The van der Waals surface area contributed by atoms with Crippen molar-refractivity contribution in [3.05, 3.63) is 0 Å². The first-order valence-electron chi connectivity index (χ1n) is 39.8. The second-order valence-electron chi connectivity index (χ2n) is 29.2. The molecular weight excluding hydrogens is 1260 g/mol. The fraction of sp³-hybridized carbons (Fsp3) is 0.948. The Morgan fingerprint density at radius 2 is 0.500 bits per heavy atom. The first kappa shape index (κ1) is 94.1. The first-order chi connectivity index (χ1) is 46.2. The third-order valence-corrected chi connectivity index (χ3v) is 20.4. The van der Waals surface area contributed by atoms with Crippen molar-refractivity contribution in [3.8, 4) is 0 Å². The maximum atomic E-state index is 13.1. The lowest BCUT2D eigenvalue weighted by Gasteiger charge is -2.21. The molecule has 96 heavy (non-hydrogen) atoms. The topological polar surface area (TPSA) is 237 Å². The lowest BCUT2D eigenvalue weighted by atomic mass is 9.99. The predicted molar refractivity (Wildman–Crippen MR) is 391 cm³/mol. The van der Waals surface area contributed by atoms with Crippen LogP contribution in [0.25, 0.3) is 0 Å². The third-order valence-electron chi connectivity index (χ3n) is 18.5. The van der Waals surface area contributed by atoms with Crippen molar-refractivity contribution < 1.29 is 80.2 Å². The second kappa shape index (κ2) is 66.3. The summed E-state index contributed by atoms with van der Waals surface area (Å²) in [5, 5.41) is 10.6. The van der Waals surface area contributed by atoms with Crippen molar-refractivity contribution in [2.24, 2.45) is 23.7 Å². The summed E-state index contributed by atoms with van der Waals surface area (Å²) in [7, 11) is -9.92. The van der Waals surface area contributed by atoms with E-state index in [1.54, 1.807) is 0 Å². The van der Waals surface area contributed by atoms with Crippen molar-refractivity contribution in [3.63, 3.8) is 0 Å². The Morgan fingerprint density at radius 3 is 0.740 bits per heavy atom. The Balaban J connectivity index is 5.24. The van der Waals surface area contributed by atoms with Crippen LogP contribution in [0.2, 0.25) is 0 Å². The number of phosphoric ester groups is 2. The van der Waals surface area contributed by atoms with Gasteiger partial charge in [0, 0.05) is 25.7 Å². The molecule has 4 unspecified atom stereocenters. The SMILES string of the molecule is CCC(C)CCCCCCCCCCCCC(=O)O[C@H](COC(=O)CCCCCCCCCCCCC(C)C)COP(=O)(O)OC[C@@H](O)COP(=O)(O)OC[C@@H](COC(=O)CCCCCCCCC(C)CC)OC(=O)CCCCCCCCCCCCCCCCCCC(C)C. The van der Waals surface area contributed by atoms with Gasteiger partial charge in [-0.1, -0.05) is 338 Å². The smallest absolute Gasteiger partial charge is 0.462 e. The number of unbranched alkanes of at least 4 members (excludes halogenated alkanes) is 38. The molecule has 0 bridgehead atoms. The van der Waals surface area contributed by atoms with E-state index in [2.05, 4.69) is 55.4 Å². The standard InChI is InChI=1S/C77H150O17P2/c1-9-69(7)55-47-39-31-25-20-22-28-34-44-52-60-77(82)93-72(63-87-74(79)57-49-41-32-26-21-19-24-30-38-46-54-68(5)6)65-91-95(83,84)89-61-71(78)62-90-96(85,86)92-66-73(64-88-75(80)58-50-42-36-35-40-48-56-70(8)10-2)94-76(81)59-51-43-33-27-18-16-14-12-11-13-15-17-23-29-37-45-53-67(3)4/h67-73,78H,9-66H2,1-8H3,(H,83,84)(H,85,86)/t69?,70?,71-,72-,73-/m1/s1. The molecule has 0 aliphatic heterocycles. The Bertz CT molecular complexity index is 1890. The van der Waals surface area contributed by atoms with E-state index in [9.17, 15) is 43.2 Å². The molecule has 0 aliphatic rings. The lowest BCUT2D eigenvalue weighted by molar-refractivity contribution is -0.161. The average molecular weight is 1410 g/mol. The van der Waals surface area contributed by atoms with Crippen LogP contribution in [0.4, 0.5) is 0 Å². The molecule has 0 saturated carbocycles. The quantitative estimate of drug-likeness (QED) is 0.0222. The largest absolute Gasteiger partial charge is 0.472 e. The van der Waals surface area contributed by atoms with Gasteiger partial charge < -0.3 is 33.8 Å². The van der Waals surface area contributed by atoms with Crippen LogP contribution in [0.1, 0.15) is 389 Å². The summed E-state index contributed by atoms with van der Waals surface area (Å²) in [6.07, 6.45) is 51.3. The van der Waals surface area contributed by atoms with Crippen LogP contribution in [0.3, 0.4) is 0 Å². The molecule has 0 aromatic carbocycles. The predicted octanol–water partition coefficient (Wildman–Crippen LogP) is 22.4. The van der Waals surface area contributed by atoms with Gasteiger partial charge in [0.2, 0.25) is 0 Å². The number of hydrogen-bond acceptors (Lipinski definition) is 15. The van der Waals surface area contributed by atoms with E-state index < -0.39 is 97.5 Å². The van der Waals surface area contributed by atoms with E-state index in [1.807, 2.05) is 0 Å². The Labute approximate surface area is 588 Å². The third kappa shape index (κ3) is 67.9. The maximum absolute atomic E-state index is 13.1. The van der Waals surface area contributed by atoms with Gasteiger partial charge in [0.25, 0.3) is 0 Å². The maximum Gasteiger partial charge on any atom is 0.472 e. The lowest BCUT2D eigenvalue weighted by Crippen LogP contribution is -2.30. The molecule has 17 nitrogen and oxygen atoms in total. The number of ether oxygens (including phenoxy) is 4. The summed E-state index contributed by atoms with van der Waals surface area (Å²) < 4.78 is 68.6. The number of aliphatic hydroxyl groups excluding tert-OH is 1. The van der Waals surface area contributed by atoms with Gasteiger partial charge in [-0.2, -0.15) is 0 Å². The van der Waals surface area contributed by atoms with E-state index in [0.29, 0.717) is 25.7 Å². The van der Waals surface area contributed by atoms with Gasteiger partial charge in [-0.3, -0.25) is 37.3 Å². The van der Waals surface area contributed by atoms with Gasteiger partial charge in [-0.15, -0.1) is 0 Å². The number of carbonyl (C=O) groups is 4. The summed E-state index contributed by atoms with van der Waals surface area (Å²) in [4.78, 5) is 72.9. The minimum Gasteiger partial charge on any atom is -0.462 e. The minimum atomic E-state index is -4.96. The molecule has 0 aromatic heterocycles. The van der Waals surface area contributed by atoms with Crippen LogP contribution in [0.15, 0.2) is 0 Å². The van der Waals surface area contributed by atoms with Crippen LogP contribution in [0, 0.1) is 23.7 Å². The molecule has 570 valence electrons. The summed E-state index contributed by atoms with van der Waals surface area (Å²) in [6, 6.07) is 0. The van der Waals surface area contributed by atoms with Crippen molar-refractivity contribution in [2.75, 3.05) is 39.6 Å². The zero-order valence-electron chi connectivity index (χ0n) is 63.0. The molecule has 0 radical (unpaired) electrons. The minimum absolute atomic E-state index is 0.106. The molecule has 0 rings (SSSR count). The van der Waals surface area contributed by atoms with Crippen molar-refractivity contribution >= 4 is 39.5 Å². The van der Waals surface area contributed by atoms with Crippen molar-refractivity contribution in [1.82, 2.24) is 0 Å². The number of esters is 4. The van der Waals surface area contributed by atoms with Crippen LogP contribution in [-0.2, 0) is 65.4 Å². The van der Waals surface area contributed by atoms with Crippen LogP contribution < -0.4 is 0 Å². The normalized spacial score (nSPS) is 14.7. The summed E-state index contributed by atoms with van der Waals surface area (Å²) >= 11 is 0. The zero-order chi connectivity index (χ0) is 71.0. The van der Waals surface area contributed by atoms with Crippen LogP contribution in [0.5, 0.6) is 0 Å². The molecule has 0 amide bonds. The van der Waals surface area contributed by atoms with Gasteiger partial charge in [0.05, 0.1) is 26.4 Å². The summed E-state index contributed by atoms with van der Waals surface area (Å²) in [5.41, 5.74) is 0. The van der Waals surface area contributed by atoms with Gasteiger partial charge in [-0.25, -0.2) is 9.13 Å². The zero-order valence-corrected chi connectivity index (χ0v) is 64.8. The first-order valence-corrected chi connectivity index (χ1v) is 42.8. The summed E-state index contributed by atoms with van der Waals surface area (Å²) in [5.74, 6) is 0.981. The highest BCUT2D eigenvalue weighted by Crippen LogP contribution is 2.45. The number of aliphatic hydroxyl groups is 1. The van der Waals surface area contributed by atoms with E-state index in [4.69, 9.17) is 37.0 Å². The Hall–Kier alpha value is -1.94. The summed E-state index contributed by atoms with van der Waals surface area (Å²) in [6.45, 7) is 14.2. The number of hydrogen-bond donors (Lipinski definition) is 3. The van der Waals surface area contributed by atoms with E-state index >= 15 is 0 Å². The van der Waals surface area contributed by atoms with Gasteiger partial charge >= 0.3 is 39.5 Å². The molecule has 0 aliphatic carbocycles. The fourth-order valence-electron chi connectivity index (χ4n) is 11.7. The van der Waals surface area contributed by atoms with E-state index in [-0.39, 0.29) is 25.7 Å². The molecule has 0 saturated heterocycles. The van der Waals surface area contributed by atoms with Crippen LogP contribution in [-0.4, -0.2) is 96.7 Å². The van der Waals surface area contributed by atoms with Gasteiger partial charge in [-0.05, 0) is 49.4 Å². The van der Waals surface area contributed by atoms with E-state index in [0.717, 1.165) is 120 Å². The van der Waals surface area contributed by atoms with E-state index in [1.165, 1.54) is 186 Å². The van der Waals surface area contributed by atoms with Crippen molar-refractivity contribution in [2.45, 2.75) is 408 Å². The average Bonchev–Trinajstić information content (AvgIpc) is 1.20. The van der Waals surface area contributed by atoms with Gasteiger partial charge in [0.15, 0.2) is 12.2 Å². The molecular formula is C77H150O17P2. The molecule has 0 fully saturated rings. The molecule has 7 atom stereocenters. The highest BCUT2D eigenvalue weighted by molar-refractivity contribution is 7.47. The number of carbonyl (C=O) groups excluding carboxylic acids is 4. The monoisotopic (exact) mass is 1410 g/mol. The second-order valence-corrected chi connectivity index (χ2v) is 32.1. The van der Waals surface area contributed by atoms with Crippen molar-refractivity contribution in [1.29, 1.82) is 0 Å². The molecule has 19 heteroatoms. The molecule has 0 aromatic rings. The number of phosphoric acid groups is 2.